The number of amides is 2. The van der Waals surface area contributed by atoms with E-state index in [-0.39, 0.29) is 17.6 Å². The van der Waals surface area contributed by atoms with E-state index in [9.17, 15) is 9.59 Å². The molecule has 0 radical (unpaired) electrons. The second-order valence-corrected chi connectivity index (χ2v) is 10.1. The molecule has 3 aromatic carbocycles. The van der Waals surface area contributed by atoms with Gasteiger partial charge in [0.15, 0.2) is 0 Å². The van der Waals surface area contributed by atoms with Crippen LogP contribution < -0.4 is 15.0 Å². The summed E-state index contributed by atoms with van der Waals surface area (Å²) < 4.78 is 10.8. The third-order valence-electron chi connectivity index (χ3n) is 6.24. The molecule has 1 saturated heterocycles. The molecule has 1 aromatic heterocycles. The van der Waals surface area contributed by atoms with Gasteiger partial charge in [-0.2, -0.15) is 0 Å². The van der Waals surface area contributed by atoms with Gasteiger partial charge in [0.1, 0.15) is 5.75 Å². The van der Waals surface area contributed by atoms with Gasteiger partial charge in [-0.25, -0.2) is 0 Å². The lowest BCUT2D eigenvalue weighted by Gasteiger charge is -2.36. The van der Waals surface area contributed by atoms with Crippen LogP contribution in [-0.4, -0.2) is 66.0 Å². The molecule has 0 aliphatic carbocycles. The number of rotatable bonds is 8. The molecule has 1 N–H and O–H groups in total. The molecule has 2 heterocycles. The molecule has 1 aliphatic rings. The van der Waals surface area contributed by atoms with Crippen molar-refractivity contribution in [3.8, 4) is 17.2 Å². The van der Waals surface area contributed by atoms with Crippen molar-refractivity contribution in [3.05, 3.63) is 83.4 Å². The summed E-state index contributed by atoms with van der Waals surface area (Å²) in [5.74, 6) is 1.08. The first-order chi connectivity index (χ1) is 19.0. The van der Waals surface area contributed by atoms with Crippen LogP contribution in [0.25, 0.3) is 11.5 Å². The summed E-state index contributed by atoms with van der Waals surface area (Å²) in [7, 11) is 1.60. The van der Waals surface area contributed by atoms with Crippen molar-refractivity contribution in [3.63, 3.8) is 0 Å². The molecular weight excluding hydrogens is 538 g/mol. The minimum Gasteiger partial charge on any atom is -0.497 e. The van der Waals surface area contributed by atoms with Crippen molar-refractivity contribution in [2.45, 2.75) is 5.22 Å². The van der Waals surface area contributed by atoms with Gasteiger partial charge >= 0.3 is 0 Å². The van der Waals surface area contributed by atoms with E-state index >= 15 is 0 Å². The highest BCUT2D eigenvalue weighted by Crippen LogP contribution is 2.25. The summed E-state index contributed by atoms with van der Waals surface area (Å²) in [6.45, 7) is 2.73. The smallest absolute Gasteiger partial charge is 0.277 e. The largest absolute Gasteiger partial charge is 0.497 e. The summed E-state index contributed by atoms with van der Waals surface area (Å²) in [6, 6.07) is 22.0. The van der Waals surface area contributed by atoms with Crippen molar-refractivity contribution >= 4 is 46.6 Å². The van der Waals surface area contributed by atoms with Gasteiger partial charge in [0.05, 0.1) is 12.9 Å². The molecule has 2 amide bonds. The van der Waals surface area contributed by atoms with Gasteiger partial charge in [-0.05, 0) is 72.8 Å². The number of aromatic nitrogens is 2. The van der Waals surface area contributed by atoms with Gasteiger partial charge in [0.25, 0.3) is 11.1 Å². The standard InChI is InChI=1S/C28H26ClN5O4S/c1-37-24-12-4-20(5-13-24)27(36)34-16-14-33(15-17-34)23-10-8-22(9-11-23)30-25(35)18-39-28-32-31-26(38-28)19-2-6-21(29)7-3-19/h2-13H,14-18H2,1H3,(H,30,35). The maximum Gasteiger partial charge on any atom is 0.277 e. The summed E-state index contributed by atoms with van der Waals surface area (Å²) in [5.41, 5.74) is 3.15. The molecule has 1 aliphatic heterocycles. The Morgan fingerprint density at radius 3 is 2.31 bits per heavy atom. The first-order valence-electron chi connectivity index (χ1n) is 12.3. The van der Waals surface area contributed by atoms with Crippen LogP contribution in [0.1, 0.15) is 10.4 Å². The molecule has 1 fully saturated rings. The number of thioether (sulfide) groups is 1. The van der Waals surface area contributed by atoms with Gasteiger partial charge in [0.2, 0.25) is 11.8 Å². The van der Waals surface area contributed by atoms with Crippen LogP contribution in [0.2, 0.25) is 5.02 Å². The minimum atomic E-state index is -0.176. The summed E-state index contributed by atoms with van der Waals surface area (Å²) in [4.78, 5) is 29.4. The molecule has 39 heavy (non-hydrogen) atoms. The van der Waals surface area contributed by atoms with Crippen LogP contribution in [0.15, 0.2) is 82.4 Å². The predicted molar refractivity (Wildman–Crippen MR) is 152 cm³/mol. The maximum absolute atomic E-state index is 12.8. The number of anilines is 2. The minimum absolute atomic E-state index is 0.0231. The number of ether oxygens (including phenoxy) is 1. The fourth-order valence-electron chi connectivity index (χ4n) is 4.14. The van der Waals surface area contributed by atoms with E-state index in [0.29, 0.717) is 40.5 Å². The van der Waals surface area contributed by atoms with Gasteiger partial charge in [-0.1, -0.05) is 23.4 Å². The summed E-state index contributed by atoms with van der Waals surface area (Å²) in [5, 5.41) is 11.8. The Bertz CT molecular complexity index is 1420. The molecular formula is C28H26ClN5O4S. The van der Waals surface area contributed by atoms with Crippen LogP contribution in [0.3, 0.4) is 0 Å². The first-order valence-corrected chi connectivity index (χ1v) is 13.7. The second-order valence-electron chi connectivity index (χ2n) is 8.77. The van der Waals surface area contributed by atoms with Crippen molar-refractivity contribution in [2.75, 3.05) is 49.3 Å². The lowest BCUT2D eigenvalue weighted by Crippen LogP contribution is -2.48. The van der Waals surface area contributed by atoms with Crippen LogP contribution in [0, 0.1) is 0 Å². The SMILES string of the molecule is COc1ccc(C(=O)N2CCN(c3ccc(NC(=O)CSc4nnc(-c5ccc(Cl)cc5)o4)cc3)CC2)cc1. The van der Waals surface area contributed by atoms with Crippen LogP contribution >= 0.6 is 23.4 Å². The highest BCUT2D eigenvalue weighted by molar-refractivity contribution is 7.99. The molecule has 9 nitrogen and oxygen atoms in total. The van der Waals surface area contributed by atoms with E-state index in [1.807, 2.05) is 29.2 Å². The van der Waals surface area contributed by atoms with Crippen LogP contribution in [0.5, 0.6) is 5.75 Å². The molecule has 5 rings (SSSR count). The maximum atomic E-state index is 12.8. The quantitative estimate of drug-likeness (QED) is 0.296. The predicted octanol–water partition coefficient (Wildman–Crippen LogP) is 5.09. The number of carbonyl (C=O) groups excluding carboxylic acids is 2. The zero-order valence-electron chi connectivity index (χ0n) is 21.2. The topological polar surface area (TPSA) is 101 Å². The lowest BCUT2D eigenvalue weighted by molar-refractivity contribution is -0.113. The Kier molecular flexibility index (Phi) is 8.33. The van der Waals surface area contributed by atoms with E-state index in [2.05, 4.69) is 20.4 Å². The lowest BCUT2D eigenvalue weighted by atomic mass is 10.1. The zero-order chi connectivity index (χ0) is 27.2. The molecule has 4 aromatic rings. The Hall–Kier alpha value is -4.02. The van der Waals surface area contributed by atoms with E-state index in [0.717, 1.165) is 30.1 Å². The molecule has 0 atom stereocenters. The number of methoxy groups -OCH3 is 1. The number of hydrogen-bond acceptors (Lipinski definition) is 8. The normalized spacial score (nSPS) is 13.3. The fourth-order valence-corrected chi connectivity index (χ4v) is 4.83. The van der Waals surface area contributed by atoms with Crippen LogP contribution in [0.4, 0.5) is 11.4 Å². The fraction of sp³-hybridized carbons (Fsp3) is 0.214. The van der Waals surface area contributed by atoms with Crippen molar-refractivity contribution in [1.82, 2.24) is 15.1 Å². The summed E-state index contributed by atoms with van der Waals surface area (Å²) >= 11 is 7.08. The van der Waals surface area contributed by atoms with E-state index in [1.165, 1.54) is 11.8 Å². The van der Waals surface area contributed by atoms with Gasteiger partial charge in [-0.15, -0.1) is 10.2 Å². The monoisotopic (exact) mass is 563 g/mol. The number of nitrogens with one attached hydrogen (secondary N) is 1. The second kappa shape index (κ2) is 12.2. The highest BCUT2D eigenvalue weighted by Gasteiger charge is 2.22. The van der Waals surface area contributed by atoms with Crippen molar-refractivity contribution < 1.29 is 18.7 Å². The molecule has 11 heteroatoms. The average molecular weight is 564 g/mol. The highest BCUT2D eigenvalue weighted by atomic mass is 35.5. The van der Waals surface area contributed by atoms with Crippen molar-refractivity contribution in [1.29, 1.82) is 0 Å². The zero-order valence-corrected chi connectivity index (χ0v) is 22.7. The number of halogens is 1. The number of carbonyl (C=O) groups is 2. The summed E-state index contributed by atoms with van der Waals surface area (Å²) in [6.07, 6.45) is 0. The Morgan fingerprint density at radius 1 is 0.949 bits per heavy atom. The van der Waals surface area contributed by atoms with Gasteiger partial charge in [-0.3, -0.25) is 9.59 Å². The Labute approximate surface area is 235 Å². The molecule has 0 bridgehead atoms. The first kappa shape index (κ1) is 26.6. The number of nitrogens with zero attached hydrogens (tertiary/aromatic N) is 4. The number of piperazine rings is 1. The van der Waals surface area contributed by atoms with E-state index in [4.69, 9.17) is 20.8 Å². The van der Waals surface area contributed by atoms with Gasteiger partial charge in [0, 0.05) is 53.7 Å². The van der Waals surface area contributed by atoms with E-state index < -0.39 is 0 Å². The third-order valence-corrected chi connectivity index (χ3v) is 7.31. The Balaban J connectivity index is 1.08. The van der Waals surface area contributed by atoms with Gasteiger partial charge < -0.3 is 24.3 Å². The number of benzene rings is 3. The molecule has 0 spiro atoms. The van der Waals surface area contributed by atoms with Crippen molar-refractivity contribution in [2.24, 2.45) is 0 Å². The van der Waals surface area contributed by atoms with Crippen LogP contribution in [-0.2, 0) is 4.79 Å². The van der Waals surface area contributed by atoms with E-state index in [1.54, 1.807) is 55.6 Å². The molecule has 200 valence electrons. The average Bonchev–Trinajstić information content (AvgIpc) is 3.46. The molecule has 0 saturated carbocycles. The third kappa shape index (κ3) is 6.71. The molecule has 0 unspecified atom stereocenters. The Morgan fingerprint density at radius 2 is 1.64 bits per heavy atom. The number of hydrogen-bond donors (Lipinski definition) is 1.